The fourth-order valence-electron chi connectivity index (χ4n) is 1.46. The maximum Gasteiger partial charge on any atom is 0.309 e. The summed E-state index contributed by atoms with van der Waals surface area (Å²) in [7, 11) is 0. The van der Waals surface area contributed by atoms with Crippen molar-refractivity contribution in [1.82, 2.24) is 0 Å². The predicted octanol–water partition coefficient (Wildman–Crippen LogP) is 0.249. The molecule has 70 valence electrons. The summed E-state index contributed by atoms with van der Waals surface area (Å²) in [5.74, 6) is -0.758. The molecule has 1 rings (SSSR count). The number of carbonyl (C=O) groups is 1. The molecule has 0 aromatic carbocycles. The normalized spacial score (nSPS) is 34.3. The quantitative estimate of drug-likeness (QED) is 0.641. The van der Waals surface area contributed by atoms with E-state index in [9.17, 15) is 4.79 Å². The molecule has 4 heteroatoms. The van der Waals surface area contributed by atoms with Crippen LogP contribution >= 0.6 is 0 Å². The fraction of sp³-hybridized carbons (Fsp3) is 0.875. The Labute approximate surface area is 71.2 Å². The minimum atomic E-state index is -0.758. The summed E-state index contributed by atoms with van der Waals surface area (Å²) < 4.78 is 5.16. The van der Waals surface area contributed by atoms with Crippen molar-refractivity contribution in [2.24, 2.45) is 5.41 Å². The summed E-state index contributed by atoms with van der Waals surface area (Å²) in [6, 6.07) is 0. The lowest BCUT2D eigenvalue weighted by Crippen LogP contribution is -2.46. The van der Waals surface area contributed by atoms with Gasteiger partial charge in [0.2, 0.25) is 0 Å². The number of ether oxygens (including phenoxy) is 1. The van der Waals surface area contributed by atoms with Crippen LogP contribution < -0.4 is 0 Å². The highest BCUT2D eigenvalue weighted by molar-refractivity contribution is 5.75. The highest BCUT2D eigenvalue weighted by Gasteiger charge is 2.46. The topological polar surface area (TPSA) is 66.8 Å². The van der Waals surface area contributed by atoms with Crippen molar-refractivity contribution >= 4 is 5.97 Å². The van der Waals surface area contributed by atoms with Crippen molar-refractivity contribution in [3.05, 3.63) is 0 Å². The van der Waals surface area contributed by atoms with Crippen LogP contribution in [0.4, 0.5) is 0 Å². The Kier molecular flexibility index (Phi) is 2.69. The summed E-state index contributed by atoms with van der Waals surface area (Å²) >= 11 is 0. The second-order valence-electron chi connectivity index (χ2n) is 3.49. The maximum atomic E-state index is 10.6. The van der Waals surface area contributed by atoms with Crippen LogP contribution in [0.3, 0.4) is 0 Å². The molecule has 1 fully saturated rings. The Hall–Kier alpha value is -0.610. The molecule has 0 amide bonds. The molecule has 1 aliphatic rings. The number of hydrogen-bond acceptors (Lipinski definition) is 3. The van der Waals surface area contributed by atoms with E-state index in [1.165, 1.54) is 0 Å². The molecule has 0 aliphatic heterocycles. The molecular formula is C8H14O4. The first-order valence-electron chi connectivity index (χ1n) is 4.04. The summed E-state index contributed by atoms with van der Waals surface area (Å²) in [5, 5.41) is 17.2. The van der Waals surface area contributed by atoms with Crippen LogP contribution in [0, 0.1) is 5.41 Å². The van der Waals surface area contributed by atoms with E-state index in [1.807, 2.05) is 0 Å². The third-order valence-electron chi connectivity index (χ3n) is 2.32. The van der Waals surface area contributed by atoms with Crippen LogP contribution in [0.5, 0.6) is 0 Å². The van der Waals surface area contributed by atoms with E-state index < -0.39 is 11.4 Å². The van der Waals surface area contributed by atoms with Gasteiger partial charge in [0.25, 0.3) is 0 Å². The first-order valence-corrected chi connectivity index (χ1v) is 4.04. The number of carboxylic acid groups (broad SMARTS) is 1. The smallest absolute Gasteiger partial charge is 0.309 e. The van der Waals surface area contributed by atoms with Gasteiger partial charge in [-0.2, -0.15) is 0 Å². The van der Waals surface area contributed by atoms with Gasteiger partial charge < -0.3 is 14.9 Å². The molecule has 4 nitrogen and oxygen atoms in total. The largest absolute Gasteiger partial charge is 0.481 e. The van der Waals surface area contributed by atoms with E-state index in [1.54, 1.807) is 6.92 Å². The molecule has 0 spiro atoms. The van der Waals surface area contributed by atoms with Crippen molar-refractivity contribution in [3.8, 4) is 0 Å². The van der Waals surface area contributed by atoms with Gasteiger partial charge in [0.15, 0.2) is 0 Å². The fourth-order valence-corrected chi connectivity index (χ4v) is 1.46. The summed E-state index contributed by atoms with van der Waals surface area (Å²) in [4.78, 5) is 10.6. The Morgan fingerprint density at radius 1 is 1.67 bits per heavy atom. The van der Waals surface area contributed by atoms with E-state index in [0.717, 1.165) is 0 Å². The Morgan fingerprint density at radius 2 is 2.25 bits per heavy atom. The molecule has 0 aromatic heterocycles. The van der Waals surface area contributed by atoms with Crippen molar-refractivity contribution in [2.75, 3.05) is 13.2 Å². The minimum absolute atomic E-state index is 0.000283. The number of aliphatic carboxylic acids is 1. The van der Waals surface area contributed by atoms with Gasteiger partial charge in [-0.05, 0) is 19.8 Å². The molecule has 1 saturated carbocycles. The van der Waals surface area contributed by atoms with E-state index in [2.05, 4.69) is 0 Å². The first-order chi connectivity index (χ1) is 5.58. The zero-order valence-corrected chi connectivity index (χ0v) is 7.12. The molecule has 0 saturated heterocycles. The van der Waals surface area contributed by atoms with Gasteiger partial charge in [-0.25, -0.2) is 0 Å². The van der Waals surface area contributed by atoms with Gasteiger partial charge in [0, 0.05) is 0 Å². The van der Waals surface area contributed by atoms with E-state index in [0.29, 0.717) is 19.4 Å². The van der Waals surface area contributed by atoms with Crippen LogP contribution in [-0.4, -0.2) is 35.5 Å². The molecule has 1 aliphatic carbocycles. The third-order valence-corrected chi connectivity index (χ3v) is 2.32. The van der Waals surface area contributed by atoms with Crippen LogP contribution in [0.15, 0.2) is 0 Å². The molecule has 0 unspecified atom stereocenters. The standard InChI is InChI=1S/C8H14O4/c1-8(7(10)11)4-6(5-8)12-3-2-9/h6,9H,2-5H2,1H3,(H,10,11). The van der Waals surface area contributed by atoms with E-state index in [-0.39, 0.29) is 12.7 Å². The third kappa shape index (κ3) is 1.76. The maximum absolute atomic E-state index is 10.6. The average molecular weight is 174 g/mol. The molecule has 0 bridgehead atoms. The second kappa shape index (κ2) is 3.41. The summed E-state index contributed by atoms with van der Waals surface area (Å²) in [6.45, 7) is 2.02. The lowest BCUT2D eigenvalue weighted by molar-refractivity contribution is -0.165. The summed E-state index contributed by atoms with van der Waals surface area (Å²) in [5.41, 5.74) is -0.597. The Morgan fingerprint density at radius 3 is 2.67 bits per heavy atom. The molecule has 0 atom stereocenters. The number of aliphatic hydroxyl groups is 1. The highest BCUT2D eigenvalue weighted by atomic mass is 16.5. The first kappa shape index (κ1) is 9.48. The molecular weight excluding hydrogens is 160 g/mol. The molecule has 2 N–H and O–H groups in total. The van der Waals surface area contributed by atoms with Crippen molar-refractivity contribution in [2.45, 2.75) is 25.9 Å². The number of carboxylic acids is 1. The van der Waals surface area contributed by atoms with Gasteiger partial charge >= 0.3 is 5.97 Å². The minimum Gasteiger partial charge on any atom is -0.481 e. The number of rotatable bonds is 4. The SMILES string of the molecule is CC1(C(=O)O)CC(OCCO)C1. The zero-order valence-electron chi connectivity index (χ0n) is 7.12. The molecule has 12 heavy (non-hydrogen) atoms. The van der Waals surface area contributed by atoms with Gasteiger partial charge in [-0.3, -0.25) is 4.79 Å². The van der Waals surface area contributed by atoms with Gasteiger partial charge in [-0.1, -0.05) is 0 Å². The summed E-state index contributed by atoms with van der Waals surface area (Å²) in [6.07, 6.45) is 1.14. The number of hydrogen-bond donors (Lipinski definition) is 2. The van der Waals surface area contributed by atoms with Crippen molar-refractivity contribution in [1.29, 1.82) is 0 Å². The van der Waals surface area contributed by atoms with Gasteiger partial charge in [0.1, 0.15) is 0 Å². The predicted molar refractivity (Wildman–Crippen MR) is 41.8 cm³/mol. The van der Waals surface area contributed by atoms with Crippen LogP contribution in [-0.2, 0) is 9.53 Å². The van der Waals surface area contributed by atoms with Crippen LogP contribution in [0.1, 0.15) is 19.8 Å². The van der Waals surface area contributed by atoms with Crippen molar-refractivity contribution < 1.29 is 19.7 Å². The number of aliphatic hydroxyl groups excluding tert-OH is 1. The zero-order chi connectivity index (χ0) is 9.19. The van der Waals surface area contributed by atoms with Gasteiger partial charge in [-0.15, -0.1) is 0 Å². The second-order valence-corrected chi connectivity index (χ2v) is 3.49. The van der Waals surface area contributed by atoms with Crippen molar-refractivity contribution in [3.63, 3.8) is 0 Å². The lowest BCUT2D eigenvalue weighted by Gasteiger charge is -2.41. The van der Waals surface area contributed by atoms with E-state index in [4.69, 9.17) is 14.9 Å². The van der Waals surface area contributed by atoms with Gasteiger partial charge in [0.05, 0.1) is 24.7 Å². The van der Waals surface area contributed by atoms with Crippen LogP contribution in [0.25, 0.3) is 0 Å². The molecule has 0 heterocycles. The van der Waals surface area contributed by atoms with E-state index >= 15 is 0 Å². The Balaban J connectivity index is 2.22. The van der Waals surface area contributed by atoms with Crippen LogP contribution in [0.2, 0.25) is 0 Å². The highest BCUT2D eigenvalue weighted by Crippen LogP contribution is 2.42. The molecule has 0 radical (unpaired) electrons. The average Bonchev–Trinajstić information content (AvgIpc) is 1.95. The monoisotopic (exact) mass is 174 g/mol. The lowest BCUT2D eigenvalue weighted by atomic mass is 9.68. The molecule has 0 aromatic rings. The Bertz CT molecular complexity index is 172.